The third-order valence-electron chi connectivity index (χ3n) is 3.29. The molecule has 0 radical (unpaired) electrons. The van der Waals surface area contributed by atoms with E-state index >= 15 is 0 Å². The van der Waals surface area contributed by atoms with Crippen LogP contribution in [0.25, 0.3) is 0 Å². The Balaban J connectivity index is 2.10. The van der Waals surface area contributed by atoms with E-state index in [9.17, 15) is 5.11 Å². The van der Waals surface area contributed by atoms with Crippen LogP contribution in [0.5, 0.6) is 0 Å². The summed E-state index contributed by atoms with van der Waals surface area (Å²) in [6.07, 6.45) is 3.44. The zero-order valence-electron chi connectivity index (χ0n) is 11.5. The van der Waals surface area contributed by atoms with Crippen molar-refractivity contribution in [1.29, 1.82) is 5.26 Å². The molecule has 0 aliphatic carbocycles. The molecule has 21 heavy (non-hydrogen) atoms. The predicted octanol–water partition coefficient (Wildman–Crippen LogP) is 2.82. The molecule has 5 nitrogen and oxygen atoms in total. The van der Waals surface area contributed by atoms with Gasteiger partial charge in [-0.15, -0.1) is 0 Å². The molecule has 0 aliphatic heterocycles. The first-order valence-corrected chi connectivity index (χ1v) is 7.31. The van der Waals surface area contributed by atoms with Crippen LogP contribution in [-0.2, 0) is 5.60 Å². The number of hydrogen-bond acceptors (Lipinski definition) is 5. The molecule has 0 spiro atoms. The maximum atomic E-state index is 10.8. The average molecular weight is 347 g/mol. The van der Waals surface area contributed by atoms with Crippen LogP contribution in [0.2, 0.25) is 0 Å². The topological polar surface area (TPSA) is 81.8 Å². The van der Waals surface area contributed by atoms with Gasteiger partial charge in [0.25, 0.3) is 0 Å². The van der Waals surface area contributed by atoms with Crippen LogP contribution >= 0.6 is 15.9 Å². The van der Waals surface area contributed by atoms with Crippen LogP contribution in [0, 0.1) is 11.3 Å². The molecule has 1 unspecified atom stereocenters. The van der Waals surface area contributed by atoms with Crippen molar-refractivity contribution in [3.8, 4) is 6.07 Å². The van der Waals surface area contributed by atoms with Crippen LogP contribution in [-0.4, -0.2) is 21.6 Å². The van der Waals surface area contributed by atoms with Gasteiger partial charge in [-0.2, -0.15) is 5.26 Å². The van der Waals surface area contributed by atoms with Gasteiger partial charge in [0.05, 0.1) is 12.4 Å². The Bertz CT molecular complexity index is 636. The van der Waals surface area contributed by atoms with E-state index in [0.29, 0.717) is 18.8 Å². The summed E-state index contributed by atoms with van der Waals surface area (Å²) in [7, 11) is 0. The number of aliphatic hydroxyl groups is 1. The summed E-state index contributed by atoms with van der Waals surface area (Å²) < 4.78 is 0.968. The molecule has 6 heteroatoms. The van der Waals surface area contributed by atoms with Crippen LogP contribution in [0.3, 0.4) is 0 Å². The minimum atomic E-state index is -0.990. The summed E-state index contributed by atoms with van der Waals surface area (Å²) >= 11 is 3.38. The molecule has 1 aromatic heterocycles. The maximum absolute atomic E-state index is 10.8. The van der Waals surface area contributed by atoms with Gasteiger partial charge in [-0.1, -0.05) is 35.0 Å². The molecule has 0 bridgehead atoms. The second kappa shape index (κ2) is 6.66. The highest BCUT2D eigenvalue weighted by molar-refractivity contribution is 9.10. The molecule has 108 valence electrons. The van der Waals surface area contributed by atoms with Gasteiger partial charge in [-0.05, 0) is 24.1 Å². The fraction of sp³-hybridized carbons (Fsp3) is 0.267. The lowest BCUT2D eigenvalue weighted by Crippen LogP contribution is -2.33. The average Bonchev–Trinajstić information content (AvgIpc) is 2.53. The number of hydrogen-bond donors (Lipinski definition) is 2. The van der Waals surface area contributed by atoms with E-state index < -0.39 is 5.60 Å². The summed E-state index contributed by atoms with van der Waals surface area (Å²) in [5.74, 6) is 0.526. The van der Waals surface area contributed by atoms with Gasteiger partial charge >= 0.3 is 0 Å². The van der Waals surface area contributed by atoms with E-state index in [0.717, 1.165) is 10.0 Å². The van der Waals surface area contributed by atoms with E-state index in [1.54, 1.807) is 0 Å². The molecule has 1 aromatic carbocycles. The fourth-order valence-electron chi connectivity index (χ4n) is 1.91. The van der Waals surface area contributed by atoms with Gasteiger partial charge in [-0.3, -0.25) is 0 Å². The van der Waals surface area contributed by atoms with Crippen LogP contribution < -0.4 is 5.32 Å². The summed E-state index contributed by atoms with van der Waals surface area (Å²) in [5.41, 5.74) is 0.109. The second-order valence-corrected chi connectivity index (χ2v) is 5.56. The van der Waals surface area contributed by atoms with E-state index in [1.165, 1.54) is 12.4 Å². The van der Waals surface area contributed by atoms with E-state index in [4.69, 9.17) is 5.26 Å². The van der Waals surface area contributed by atoms with Gasteiger partial charge in [0, 0.05) is 11.0 Å². The van der Waals surface area contributed by atoms with Crippen molar-refractivity contribution in [2.75, 3.05) is 11.9 Å². The third-order valence-corrected chi connectivity index (χ3v) is 3.82. The Morgan fingerprint density at radius 1 is 1.29 bits per heavy atom. The highest BCUT2D eigenvalue weighted by atomic mass is 79.9. The molecule has 0 saturated carbocycles. The number of nitrogens with zero attached hydrogens (tertiary/aromatic N) is 3. The number of nitriles is 1. The van der Waals surface area contributed by atoms with Crippen LogP contribution in [0.1, 0.15) is 24.6 Å². The Morgan fingerprint density at radius 2 is 2.00 bits per heavy atom. The molecular weight excluding hydrogens is 332 g/mol. The highest BCUT2D eigenvalue weighted by Crippen LogP contribution is 2.26. The van der Waals surface area contributed by atoms with Gasteiger partial charge in [0.15, 0.2) is 5.69 Å². The summed E-state index contributed by atoms with van der Waals surface area (Å²) in [4.78, 5) is 8.01. The molecule has 2 aromatic rings. The summed E-state index contributed by atoms with van der Waals surface area (Å²) in [5, 5.41) is 22.5. The van der Waals surface area contributed by atoms with E-state index in [2.05, 4.69) is 31.2 Å². The fourth-order valence-corrected chi connectivity index (χ4v) is 2.17. The summed E-state index contributed by atoms with van der Waals surface area (Å²) in [6, 6.07) is 9.49. The number of halogens is 1. The minimum Gasteiger partial charge on any atom is -0.383 e. The molecule has 0 aliphatic rings. The van der Waals surface area contributed by atoms with Crippen molar-refractivity contribution in [2.24, 2.45) is 0 Å². The molecule has 0 amide bonds. The molecule has 1 atom stereocenters. The molecule has 1 heterocycles. The quantitative estimate of drug-likeness (QED) is 0.869. The van der Waals surface area contributed by atoms with Crippen LogP contribution in [0.15, 0.2) is 41.1 Å². The van der Waals surface area contributed by atoms with Crippen molar-refractivity contribution in [3.63, 3.8) is 0 Å². The smallest absolute Gasteiger partial charge is 0.158 e. The van der Waals surface area contributed by atoms with Crippen LogP contribution in [0.4, 0.5) is 5.82 Å². The maximum Gasteiger partial charge on any atom is 0.158 e. The number of nitrogens with one attached hydrogen (secondary N) is 1. The zero-order valence-corrected chi connectivity index (χ0v) is 13.1. The summed E-state index contributed by atoms with van der Waals surface area (Å²) in [6.45, 7) is 2.24. The van der Waals surface area contributed by atoms with Crippen molar-refractivity contribution in [1.82, 2.24) is 9.97 Å². The number of rotatable bonds is 5. The molecule has 0 saturated heterocycles. The molecule has 0 fully saturated rings. The largest absolute Gasteiger partial charge is 0.383 e. The Morgan fingerprint density at radius 3 is 2.52 bits per heavy atom. The van der Waals surface area contributed by atoms with E-state index in [1.807, 2.05) is 37.3 Å². The second-order valence-electron chi connectivity index (χ2n) is 4.64. The SMILES string of the molecule is CCC(O)(CNc1cnc(C#N)cn1)c1ccc(Br)cc1. The predicted molar refractivity (Wildman–Crippen MR) is 83.6 cm³/mol. The normalized spacial score (nSPS) is 13.2. The standard InChI is InChI=1S/C15H15BrN4O/c1-2-15(21,11-3-5-12(16)6-4-11)10-20-14-9-18-13(7-17)8-19-14/h3-6,8-9,21H,2,10H2,1H3,(H,19,20). The molecule has 2 rings (SSSR count). The number of aromatic nitrogens is 2. The minimum absolute atomic E-state index is 0.263. The van der Waals surface area contributed by atoms with Crippen molar-refractivity contribution < 1.29 is 5.11 Å². The monoisotopic (exact) mass is 346 g/mol. The lowest BCUT2D eigenvalue weighted by atomic mass is 9.91. The van der Waals surface area contributed by atoms with Crippen molar-refractivity contribution in [3.05, 3.63) is 52.4 Å². The van der Waals surface area contributed by atoms with Gasteiger partial charge in [0.2, 0.25) is 0 Å². The molecular formula is C15H15BrN4O. The lowest BCUT2D eigenvalue weighted by Gasteiger charge is -2.28. The van der Waals surface area contributed by atoms with Gasteiger partial charge in [0.1, 0.15) is 17.5 Å². The van der Waals surface area contributed by atoms with E-state index in [-0.39, 0.29) is 5.69 Å². The first kappa shape index (κ1) is 15.4. The lowest BCUT2D eigenvalue weighted by molar-refractivity contribution is 0.0463. The third kappa shape index (κ3) is 3.78. The Labute approximate surface area is 131 Å². The Hall–Kier alpha value is -1.97. The zero-order chi connectivity index (χ0) is 15.3. The highest BCUT2D eigenvalue weighted by Gasteiger charge is 2.27. The number of anilines is 1. The first-order chi connectivity index (χ1) is 10.1. The molecule has 2 N–H and O–H groups in total. The first-order valence-electron chi connectivity index (χ1n) is 6.52. The van der Waals surface area contributed by atoms with Crippen molar-refractivity contribution in [2.45, 2.75) is 18.9 Å². The Kier molecular flexibility index (Phi) is 4.89. The van der Waals surface area contributed by atoms with Crippen molar-refractivity contribution >= 4 is 21.7 Å². The van der Waals surface area contributed by atoms with Gasteiger partial charge < -0.3 is 10.4 Å². The number of benzene rings is 1. The van der Waals surface area contributed by atoms with Gasteiger partial charge in [-0.25, -0.2) is 9.97 Å².